The van der Waals surface area contributed by atoms with Gasteiger partial charge >= 0.3 is 0 Å². The van der Waals surface area contributed by atoms with E-state index in [1.54, 1.807) is 0 Å². The molecule has 1 aromatic heterocycles. The SMILES string of the molecule is O=C1c2ccc([N+](=O)[O-])cc2C(=O)c2c1nnn2CCCN1CCC2(CCCC2)CC1. The zero-order valence-corrected chi connectivity index (χ0v) is 17.4. The zero-order chi connectivity index (χ0) is 21.6. The highest BCUT2D eigenvalue weighted by Gasteiger charge is 2.38. The Labute approximate surface area is 179 Å². The second-order valence-electron chi connectivity index (χ2n) is 9.06. The van der Waals surface area contributed by atoms with Crippen LogP contribution in [-0.4, -0.2) is 56.0 Å². The standard InChI is InChI=1S/C22H25N5O4/c28-20-16-5-4-15(27(30)31)14-17(16)21(29)19-18(20)23-24-26(19)11-3-10-25-12-8-22(9-13-25)6-1-2-7-22/h4-5,14H,1-3,6-13H2. The van der Waals surface area contributed by atoms with Crippen LogP contribution >= 0.6 is 0 Å². The fourth-order valence-corrected chi connectivity index (χ4v) is 5.45. The lowest BCUT2D eigenvalue weighted by Crippen LogP contribution is -2.39. The fourth-order valence-electron chi connectivity index (χ4n) is 5.45. The molecular formula is C22H25N5O4. The number of hydrogen-bond donors (Lipinski definition) is 0. The number of fused-ring (bicyclic) bond motifs is 2. The maximum atomic E-state index is 13.0. The van der Waals surface area contributed by atoms with Gasteiger partial charge in [-0.05, 0) is 63.2 Å². The number of likely N-dealkylation sites (tertiary alicyclic amines) is 1. The Bertz CT molecular complexity index is 1060. The molecular weight excluding hydrogens is 398 g/mol. The summed E-state index contributed by atoms with van der Waals surface area (Å²) < 4.78 is 1.49. The lowest BCUT2D eigenvalue weighted by atomic mass is 9.77. The van der Waals surface area contributed by atoms with E-state index in [2.05, 4.69) is 15.2 Å². The van der Waals surface area contributed by atoms with Crippen LogP contribution in [0.3, 0.4) is 0 Å². The number of carbonyl (C=O) groups excluding carboxylic acids is 2. The summed E-state index contributed by atoms with van der Waals surface area (Å²) in [5, 5.41) is 19.1. The summed E-state index contributed by atoms with van der Waals surface area (Å²) in [6, 6.07) is 3.72. The Morgan fingerprint density at radius 1 is 1.00 bits per heavy atom. The molecule has 162 valence electrons. The molecule has 1 saturated heterocycles. The Morgan fingerprint density at radius 3 is 2.45 bits per heavy atom. The summed E-state index contributed by atoms with van der Waals surface area (Å²) in [5.74, 6) is -0.844. The molecule has 2 fully saturated rings. The minimum Gasteiger partial charge on any atom is -0.303 e. The molecule has 3 aliphatic rings. The average molecular weight is 423 g/mol. The van der Waals surface area contributed by atoms with Gasteiger partial charge in [0.05, 0.1) is 4.92 Å². The van der Waals surface area contributed by atoms with Crippen molar-refractivity contribution in [1.29, 1.82) is 0 Å². The lowest BCUT2D eigenvalue weighted by molar-refractivity contribution is -0.384. The van der Waals surface area contributed by atoms with Gasteiger partial charge in [0.1, 0.15) is 5.69 Å². The third-order valence-corrected chi connectivity index (χ3v) is 7.29. The molecule has 2 heterocycles. The van der Waals surface area contributed by atoms with Crippen LogP contribution in [0.4, 0.5) is 5.69 Å². The van der Waals surface area contributed by atoms with E-state index >= 15 is 0 Å². The lowest BCUT2D eigenvalue weighted by Gasteiger charge is -2.39. The average Bonchev–Trinajstić information content (AvgIpc) is 3.41. The van der Waals surface area contributed by atoms with E-state index in [1.807, 2.05) is 0 Å². The van der Waals surface area contributed by atoms with E-state index in [-0.39, 0.29) is 28.2 Å². The number of nitro groups is 1. The van der Waals surface area contributed by atoms with Crippen LogP contribution < -0.4 is 0 Å². The Hall–Kier alpha value is -2.94. The summed E-state index contributed by atoms with van der Waals surface area (Å²) in [6.45, 7) is 3.62. The summed E-state index contributed by atoms with van der Waals surface area (Å²) in [5.41, 5.74) is 0.739. The fraction of sp³-hybridized carbons (Fsp3) is 0.545. The second-order valence-corrected chi connectivity index (χ2v) is 9.06. The van der Waals surface area contributed by atoms with Crippen molar-refractivity contribution in [3.05, 3.63) is 50.8 Å². The number of nitrogens with zero attached hydrogens (tertiary/aromatic N) is 5. The Balaban J connectivity index is 1.26. The molecule has 0 atom stereocenters. The first kappa shape index (κ1) is 20.0. The predicted molar refractivity (Wildman–Crippen MR) is 111 cm³/mol. The summed E-state index contributed by atoms with van der Waals surface area (Å²) in [4.78, 5) is 38.8. The number of carbonyl (C=O) groups is 2. The van der Waals surface area contributed by atoms with E-state index in [9.17, 15) is 19.7 Å². The van der Waals surface area contributed by atoms with Gasteiger partial charge in [0.2, 0.25) is 11.6 Å². The second kappa shape index (κ2) is 7.64. The van der Waals surface area contributed by atoms with Crippen LogP contribution in [0, 0.1) is 15.5 Å². The smallest absolute Gasteiger partial charge is 0.270 e. The van der Waals surface area contributed by atoms with Crippen molar-refractivity contribution >= 4 is 17.3 Å². The third kappa shape index (κ3) is 3.46. The first-order chi connectivity index (χ1) is 15.0. The highest BCUT2D eigenvalue weighted by Crippen LogP contribution is 2.46. The first-order valence-corrected chi connectivity index (χ1v) is 11.0. The molecule has 0 amide bonds. The van der Waals surface area contributed by atoms with Crippen LogP contribution in [0.5, 0.6) is 0 Å². The van der Waals surface area contributed by atoms with E-state index in [1.165, 1.54) is 61.4 Å². The van der Waals surface area contributed by atoms with Gasteiger partial charge in [-0.3, -0.25) is 19.7 Å². The molecule has 0 radical (unpaired) electrons. The predicted octanol–water partition coefficient (Wildman–Crippen LogP) is 3.01. The summed E-state index contributed by atoms with van der Waals surface area (Å²) in [7, 11) is 0. The van der Waals surface area contributed by atoms with Gasteiger partial charge in [-0.1, -0.05) is 18.1 Å². The molecule has 0 bridgehead atoms. The molecule has 9 heteroatoms. The van der Waals surface area contributed by atoms with E-state index < -0.39 is 16.5 Å². The van der Waals surface area contributed by atoms with E-state index in [4.69, 9.17) is 0 Å². The van der Waals surface area contributed by atoms with Gasteiger partial charge in [0.25, 0.3) is 5.69 Å². The van der Waals surface area contributed by atoms with Crippen LogP contribution in [-0.2, 0) is 6.54 Å². The third-order valence-electron chi connectivity index (χ3n) is 7.29. The van der Waals surface area contributed by atoms with Gasteiger partial charge in [0.15, 0.2) is 5.69 Å². The molecule has 1 aliphatic heterocycles. The van der Waals surface area contributed by atoms with Crippen LogP contribution in [0.25, 0.3) is 0 Å². The quantitative estimate of drug-likeness (QED) is 0.458. The number of ketones is 2. The monoisotopic (exact) mass is 423 g/mol. The van der Waals surface area contributed by atoms with Crippen LogP contribution in [0.15, 0.2) is 18.2 Å². The number of rotatable bonds is 5. The Morgan fingerprint density at radius 2 is 1.74 bits per heavy atom. The van der Waals surface area contributed by atoms with Crippen LogP contribution in [0.1, 0.15) is 77.0 Å². The minimum atomic E-state index is -0.572. The molecule has 9 nitrogen and oxygen atoms in total. The first-order valence-electron chi connectivity index (χ1n) is 11.0. The summed E-state index contributed by atoms with van der Waals surface area (Å²) >= 11 is 0. The summed E-state index contributed by atoms with van der Waals surface area (Å²) in [6.07, 6.45) is 8.84. The largest absolute Gasteiger partial charge is 0.303 e. The maximum Gasteiger partial charge on any atom is 0.270 e. The number of piperidine rings is 1. The molecule has 5 rings (SSSR count). The van der Waals surface area contributed by atoms with Crippen molar-refractivity contribution in [1.82, 2.24) is 19.9 Å². The number of nitro benzene ring substituents is 1. The van der Waals surface area contributed by atoms with Crippen molar-refractivity contribution in [3.63, 3.8) is 0 Å². The molecule has 1 aromatic carbocycles. The van der Waals surface area contributed by atoms with Gasteiger partial charge in [-0.2, -0.15) is 0 Å². The van der Waals surface area contributed by atoms with E-state index in [0.717, 1.165) is 26.1 Å². The normalized spacial score (nSPS) is 20.1. The van der Waals surface area contributed by atoms with Crippen LogP contribution in [0.2, 0.25) is 0 Å². The van der Waals surface area contributed by atoms with Crippen molar-refractivity contribution in [3.8, 4) is 0 Å². The van der Waals surface area contributed by atoms with Crippen molar-refractivity contribution in [2.24, 2.45) is 5.41 Å². The molecule has 0 N–H and O–H groups in total. The number of aryl methyl sites for hydroxylation is 1. The van der Waals surface area contributed by atoms with Gasteiger partial charge < -0.3 is 4.90 Å². The number of benzene rings is 1. The minimum absolute atomic E-state index is 0.0347. The Kier molecular flexibility index (Phi) is 4.92. The highest BCUT2D eigenvalue weighted by atomic mass is 16.6. The molecule has 1 spiro atoms. The number of non-ortho nitro benzene ring substituents is 1. The number of aromatic nitrogens is 3. The van der Waals surface area contributed by atoms with Crippen molar-refractivity contribution in [2.45, 2.75) is 51.5 Å². The molecule has 1 saturated carbocycles. The molecule has 2 aromatic rings. The molecule has 0 unspecified atom stereocenters. The van der Waals surface area contributed by atoms with Gasteiger partial charge in [-0.15, -0.1) is 5.10 Å². The number of hydrogen-bond acceptors (Lipinski definition) is 7. The maximum absolute atomic E-state index is 13.0. The van der Waals surface area contributed by atoms with E-state index in [0.29, 0.717) is 12.0 Å². The highest BCUT2D eigenvalue weighted by molar-refractivity contribution is 6.27. The molecule has 2 aliphatic carbocycles. The topological polar surface area (TPSA) is 111 Å². The van der Waals surface area contributed by atoms with Gasteiger partial charge in [-0.25, -0.2) is 4.68 Å². The van der Waals surface area contributed by atoms with Gasteiger partial charge in [0, 0.05) is 29.8 Å². The van der Waals surface area contributed by atoms with Crippen molar-refractivity contribution in [2.75, 3.05) is 19.6 Å². The molecule has 31 heavy (non-hydrogen) atoms. The zero-order valence-electron chi connectivity index (χ0n) is 17.4. The van der Waals surface area contributed by atoms with Crippen molar-refractivity contribution < 1.29 is 14.5 Å².